The molecule has 0 saturated carbocycles. The van der Waals surface area contributed by atoms with Gasteiger partial charge >= 0.3 is 0 Å². The Kier molecular flexibility index (Phi) is 3.78. The summed E-state index contributed by atoms with van der Waals surface area (Å²) in [6.07, 6.45) is 1.74. The average Bonchev–Trinajstić information content (AvgIpc) is 3.19. The minimum absolute atomic E-state index is 0.511. The fourth-order valence-corrected chi connectivity index (χ4v) is 9.04. The molecule has 0 radical (unpaired) electrons. The largest absolute Gasteiger partial charge is 0.307 e. The van der Waals surface area contributed by atoms with Gasteiger partial charge in [-0.2, -0.15) is 0 Å². The van der Waals surface area contributed by atoms with Gasteiger partial charge in [0, 0.05) is 16.8 Å². The first kappa shape index (κ1) is 18.8. The first-order valence-corrected chi connectivity index (χ1v) is 12.9. The fraction of sp³-hybridized carbons (Fsp3) is 0.0333. The number of rotatable bonds is 1. The van der Waals surface area contributed by atoms with E-state index in [-0.39, 0.29) is 0 Å². The predicted molar refractivity (Wildman–Crippen MR) is 134 cm³/mol. The third kappa shape index (κ3) is 2.19. The van der Waals surface area contributed by atoms with Crippen LogP contribution in [0.25, 0.3) is 11.1 Å². The number of fused-ring (bicyclic) bond motifs is 9. The summed E-state index contributed by atoms with van der Waals surface area (Å²) in [4.78, 5) is 4.61. The van der Waals surface area contributed by atoms with Crippen molar-refractivity contribution in [1.82, 2.24) is 4.98 Å². The van der Waals surface area contributed by atoms with E-state index in [1.54, 1.807) is 6.20 Å². The lowest BCUT2D eigenvalue weighted by molar-refractivity contribution is 0.590. The number of hydrogen-bond donors (Lipinski definition) is 0. The minimum Gasteiger partial charge on any atom is -0.307 e. The van der Waals surface area contributed by atoms with Gasteiger partial charge in [-0.15, -0.1) is 0 Å². The Bertz CT molecular complexity index is 1510. The van der Waals surface area contributed by atoms with Crippen LogP contribution in [0, 0.1) is 0 Å². The van der Waals surface area contributed by atoms with Gasteiger partial charge in [-0.05, 0) is 45.5 Å². The number of pyridine rings is 1. The second-order valence-electron chi connectivity index (χ2n) is 8.67. The van der Waals surface area contributed by atoms with Crippen LogP contribution in [0.1, 0.15) is 22.3 Å². The molecule has 1 spiro atoms. The van der Waals surface area contributed by atoms with Gasteiger partial charge in [0.25, 0.3) is 0 Å². The Hall–Kier alpha value is -3.74. The maximum absolute atomic E-state index is 15.2. The number of aromatic nitrogens is 1. The molecule has 2 nitrogen and oxygen atoms in total. The van der Waals surface area contributed by atoms with E-state index in [1.165, 1.54) is 22.3 Å². The summed E-state index contributed by atoms with van der Waals surface area (Å²) in [5.41, 5.74) is 7.30. The first-order chi connectivity index (χ1) is 16.3. The van der Waals surface area contributed by atoms with Gasteiger partial charge in [0.05, 0.1) is 5.41 Å². The lowest BCUT2D eigenvalue weighted by Crippen LogP contribution is -2.46. The quantitative estimate of drug-likeness (QED) is 0.320. The van der Waals surface area contributed by atoms with Crippen LogP contribution in [0.5, 0.6) is 0 Å². The molecule has 5 aromatic rings. The van der Waals surface area contributed by atoms with Crippen molar-refractivity contribution in [2.45, 2.75) is 5.41 Å². The van der Waals surface area contributed by atoms with Crippen molar-refractivity contribution in [1.29, 1.82) is 0 Å². The van der Waals surface area contributed by atoms with Crippen molar-refractivity contribution in [3.63, 3.8) is 0 Å². The third-order valence-electron chi connectivity index (χ3n) is 7.22. The highest BCUT2D eigenvalue weighted by atomic mass is 31.2. The molecular weight excluding hydrogens is 421 g/mol. The van der Waals surface area contributed by atoms with Crippen LogP contribution in [0.4, 0.5) is 0 Å². The maximum atomic E-state index is 15.2. The topological polar surface area (TPSA) is 30.0 Å². The van der Waals surface area contributed by atoms with Gasteiger partial charge < -0.3 is 4.57 Å². The zero-order chi connectivity index (χ0) is 22.0. The summed E-state index contributed by atoms with van der Waals surface area (Å²) in [5.74, 6) is 0. The predicted octanol–water partition coefficient (Wildman–Crippen LogP) is 5.40. The molecule has 7 rings (SSSR count). The molecule has 33 heavy (non-hydrogen) atoms. The Morgan fingerprint density at radius 2 is 0.970 bits per heavy atom. The Labute approximate surface area is 193 Å². The van der Waals surface area contributed by atoms with E-state index in [9.17, 15) is 0 Å². The molecule has 0 amide bonds. The molecule has 1 aliphatic carbocycles. The average molecular weight is 441 g/mol. The molecule has 2 aliphatic rings. The van der Waals surface area contributed by atoms with Gasteiger partial charge in [-0.3, -0.25) is 4.98 Å². The van der Waals surface area contributed by atoms with Gasteiger partial charge in [-0.1, -0.05) is 103 Å². The molecule has 3 heteroatoms. The molecule has 1 aliphatic heterocycles. The van der Waals surface area contributed by atoms with E-state index in [1.807, 2.05) is 42.5 Å². The van der Waals surface area contributed by atoms with Gasteiger partial charge in [0.2, 0.25) is 0 Å². The number of hydrogen-bond acceptors (Lipinski definition) is 2. The summed E-state index contributed by atoms with van der Waals surface area (Å²) in [6, 6.07) is 39.6. The highest BCUT2D eigenvalue weighted by Crippen LogP contribution is 2.61. The zero-order valence-corrected chi connectivity index (χ0v) is 18.7. The molecule has 156 valence electrons. The molecule has 0 fully saturated rings. The summed E-state index contributed by atoms with van der Waals surface area (Å²) >= 11 is 0. The van der Waals surface area contributed by atoms with Crippen LogP contribution in [0.2, 0.25) is 0 Å². The van der Waals surface area contributed by atoms with E-state index in [4.69, 9.17) is 0 Å². The summed E-state index contributed by atoms with van der Waals surface area (Å²) < 4.78 is 15.2. The Morgan fingerprint density at radius 1 is 0.515 bits per heavy atom. The normalized spacial score (nSPS) is 15.9. The van der Waals surface area contributed by atoms with Crippen LogP contribution in [0.15, 0.2) is 121 Å². The second kappa shape index (κ2) is 6.63. The molecule has 0 atom stereocenters. The molecule has 0 saturated heterocycles. The van der Waals surface area contributed by atoms with E-state index < -0.39 is 12.6 Å². The lowest BCUT2D eigenvalue weighted by Gasteiger charge is -2.42. The highest BCUT2D eigenvalue weighted by Gasteiger charge is 2.54. The van der Waals surface area contributed by atoms with Crippen molar-refractivity contribution in [2.75, 3.05) is 0 Å². The Morgan fingerprint density at radius 3 is 1.48 bits per heavy atom. The lowest BCUT2D eigenvalue weighted by atomic mass is 9.67. The summed E-state index contributed by atoms with van der Waals surface area (Å²) in [6.45, 7) is 0. The maximum Gasteiger partial charge on any atom is 0.189 e. The smallest absolute Gasteiger partial charge is 0.189 e. The highest BCUT2D eigenvalue weighted by molar-refractivity contribution is 7.85. The van der Waals surface area contributed by atoms with Crippen molar-refractivity contribution in [2.24, 2.45) is 0 Å². The van der Waals surface area contributed by atoms with E-state index in [0.29, 0.717) is 5.44 Å². The Balaban J connectivity index is 1.71. The number of benzene rings is 4. The zero-order valence-electron chi connectivity index (χ0n) is 17.8. The van der Waals surface area contributed by atoms with Crippen molar-refractivity contribution in [3.05, 3.63) is 144 Å². The van der Waals surface area contributed by atoms with Crippen molar-refractivity contribution >= 4 is 23.2 Å². The molecule has 4 aromatic carbocycles. The second-order valence-corrected chi connectivity index (χ2v) is 11.3. The van der Waals surface area contributed by atoms with Gasteiger partial charge in [0.15, 0.2) is 7.14 Å². The first-order valence-electron chi connectivity index (χ1n) is 11.2. The summed E-state index contributed by atoms with van der Waals surface area (Å²) in [7, 11) is -3.16. The SMILES string of the molecule is O=P1(c2ccccn2)c2ccccc2C2(c3ccccc3-c3ccccc32)c2ccccc21. The number of nitrogens with zero attached hydrogens (tertiary/aromatic N) is 1. The van der Waals surface area contributed by atoms with Gasteiger partial charge in [0.1, 0.15) is 5.44 Å². The van der Waals surface area contributed by atoms with E-state index in [0.717, 1.165) is 21.7 Å². The van der Waals surface area contributed by atoms with Gasteiger partial charge in [-0.25, -0.2) is 0 Å². The van der Waals surface area contributed by atoms with Crippen LogP contribution >= 0.6 is 7.14 Å². The standard InChI is InChI=1S/C30H20NOP/c32-33(29-19-9-10-20-31-29)27-17-7-5-15-25(27)30(26-16-6-8-18-28(26)33)23-13-3-1-11-21(23)22-12-2-4-14-24(22)30/h1-20H. The van der Waals surface area contributed by atoms with Crippen molar-refractivity contribution < 1.29 is 4.57 Å². The molecule has 0 unspecified atom stereocenters. The van der Waals surface area contributed by atoms with Crippen LogP contribution in [-0.2, 0) is 9.98 Å². The van der Waals surface area contributed by atoms with E-state index >= 15 is 4.57 Å². The molecule has 0 N–H and O–H groups in total. The van der Waals surface area contributed by atoms with Crippen LogP contribution in [0.3, 0.4) is 0 Å². The third-order valence-corrected chi connectivity index (χ3v) is 10.3. The van der Waals surface area contributed by atoms with Crippen LogP contribution in [-0.4, -0.2) is 4.98 Å². The summed E-state index contributed by atoms with van der Waals surface area (Å²) in [5, 5.41) is 1.77. The minimum atomic E-state index is -3.16. The van der Waals surface area contributed by atoms with Crippen molar-refractivity contribution in [3.8, 4) is 11.1 Å². The molecule has 0 bridgehead atoms. The molecule has 1 aromatic heterocycles. The molecular formula is C30H20NOP. The van der Waals surface area contributed by atoms with E-state index in [2.05, 4.69) is 77.8 Å². The monoisotopic (exact) mass is 441 g/mol. The molecule has 2 heterocycles. The fourth-order valence-electron chi connectivity index (χ4n) is 6.01. The van der Waals surface area contributed by atoms with Crippen LogP contribution < -0.4 is 16.0 Å².